The second-order valence-corrected chi connectivity index (χ2v) is 11.1. The van der Waals surface area contributed by atoms with Crippen LogP contribution in [0.2, 0.25) is 0 Å². The maximum atomic E-state index is 13.4. The van der Waals surface area contributed by atoms with Gasteiger partial charge in [-0.25, -0.2) is 4.68 Å². The third-order valence-electron chi connectivity index (χ3n) is 6.92. The molecule has 0 spiro atoms. The summed E-state index contributed by atoms with van der Waals surface area (Å²) in [4.78, 5) is 53.0. The molecule has 0 saturated carbocycles. The summed E-state index contributed by atoms with van der Waals surface area (Å²) >= 11 is 1.26. The number of benzene rings is 4. The highest BCUT2D eigenvalue weighted by molar-refractivity contribution is 8.00. The van der Waals surface area contributed by atoms with Crippen molar-refractivity contribution in [2.24, 2.45) is 7.05 Å². The molecule has 0 radical (unpaired) electrons. The second kappa shape index (κ2) is 14.2. The van der Waals surface area contributed by atoms with Gasteiger partial charge in [0.05, 0.1) is 17.1 Å². The lowest BCUT2D eigenvalue weighted by atomic mass is 10.1. The van der Waals surface area contributed by atoms with E-state index in [1.807, 2.05) is 72.8 Å². The molecule has 0 unspecified atom stereocenters. The van der Waals surface area contributed by atoms with Crippen molar-refractivity contribution in [1.29, 1.82) is 0 Å². The topological polar surface area (TPSA) is 114 Å². The fourth-order valence-electron chi connectivity index (χ4n) is 4.56. The van der Waals surface area contributed by atoms with Crippen LogP contribution in [0.3, 0.4) is 0 Å². The molecule has 0 atom stereocenters. The first-order chi connectivity index (χ1) is 21.8. The number of carbonyl (C=O) groups is 3. The Hall–Kier alpha value is -5.61. The second-order valence-electron chi connectivity index (χ2n) is 10.0. The van der Waals surface area contributed by atoms with Crippen LogP contribution < -0.4 is 21.5 Å². The van der Waals surface area contributed by atoms with E-state index in [1.54, 1.807) is 67.2 Å². The van der Waals surface area contributed by atoms with Crippen LogP contribution in [-0.4, -0.2) is 32.8 Å². The molecule has 1 aromatic heterocycles. The Morgan fingerprint density at radius 3 is 2.13 bits per heavy atom. The molecule has 5 rings (SSSR count). The van der Waals surface area contributed by atoms with E-state index in [0.717, 1.165) is 10.5 Å². The van der Waals surface area contributed by atoms with Gasteiger partial charge < -0.3 is 16.0 Å². The van der Waals surface area contributed by atoms with Gasteiger partial charge in [0.1, 0.15) is 11.4 Å². The zero-order valence-corrected chi connectivity index (χ0v) is 25.5. The zero-order valence-electron chi connectivity index (χ0n) is 24.7. The van der Waals surface area contributed by atoms with Crippen LogP contribution in [0.4, 0.5) is 11.4 Å². The van der Waals surface area contributed by atoms with Crippen molar-refractivity contribution in [3.8, 4) is 5.69 Å². The average Bonchev–Trinajstić information content (AvgIpc) is 3.27. The van der Waals surface area contributed by atoms with Crippen molar-refractivity contribution in [2.75, 3.05) is 16.4 Å². The Labute approximate surface area is 264 Å². The van der Waals surface area contributed by atoms with Gasteiger partial charge in [-0.1, -0.05) is 72.8 Å². The lowest BCUT2D eigenvalue weighted by Crippen LogP contribution is -2.30. The highest BCUT2D eigenvalue weighted by atomic mass is 32.2. The molecule has 0 aliphatic heterocycles. The average molecular weight is 618 g/mol. The molecule has 226 valence electrons. The smallest absolute Gasteiger partial charge is 0.295 e. The Balaban J connectivity index is 1.26. The highest BCUT2D eigenvalue weighted by Crippen LogP contribution is 2.23. The minimum Gasteiger partial charge on any atom is -0.321 e. The molecule has 3 N–H and O–H groups in total. The molecule has 1 heterocycles. The molecule has 10 heteroatoms. The number of hydrogen-bond donors (Lipinski definition) is 3. The predicted molar refractivity (Wildman–Crippen MR) is 178 cm³/mol. The van der Waals surface area contributed by atoms with Gasteiger partial charge in [0.25, 0.3) is 17.4 Å². The van der Waals surface area contributed by atoms with Crippen LogP contribution in [-0.2, 0) is 16.6 Å². The summed E-state index contributed by atoms with van der Waals surface area (Å²) in [6.45, 7) is 1.78. The number of aromatic nitrogens is 2. The summed E-state index contributed by atoms with van der Waals surface area (Å²) < 4.78 is 3.21. The van der Waals surface area contributed by atoms with E-state index in [2.05, 4.69) is 16.0 Å². The molecule has 9 nitrogen and oxygen atoms in total. The first-order valence-corrected chi connectivity index (χ1v) is 15.1. The molecule has 0 bridgehead atoms. The molecule has 4 aromatic carbocycles. The maximum absolute atomic E-state index is 13.4. The quantitative estimate of drug-likeness (QED) is 0.139. The van der Waals surface area contributed by atoms with Gasteiger partial charge in [-0.3, -0.25) is 23.9 Å². The molecule has 3 amide bonds. The maximum Gasteiger partial charge on any atom is 0.295 e. The molecule has 0 fully saturated rings. The fourth-order valence-corrected chi connectivity index (χ4v) is 5.31. The van der Waals surface area contributed by atoms with Gasteiger partial charge in [0.2, 0.25) is 5.91 Å². The van der Waals surface area contributed by atoms with Crippen molar-refractivity contribution >= 4 is 46.9 Å². The minimum atomic E-state index is -0.503. The van der Waals surface area contributed by atoms with Gasteiger partial charge in [0.15, 0.2) is 0 Å². The van der Waals surface area contributed by atoms with Gasteiger partial charge in [-0.15, -0.1) is 11.8 Å². The number of rotatable bonds is 10. The molecular formula is C35H31N5O4S. The van der Waals surface area contributed by atoms with E-state index in [9.17, 15) is 19.2 Å². The molecular weight excluding hydrogens is 586 g/mol. The zero-order chi connectivity index (χ0) is 31.8. The van der Waals surface area contributed by atoms with E-state index in [4.69, 9.17) is 0 Å². The predicted octanol–water partition coefficient (Wildman–Crippen LogP) is 5.62. The molecule has 0 saturated heterocycles. The lowest BCUT2D eigenvalue weighted by Gasteiger charge is -2.12. The van der Waals surface area contributed by atoms with Crippen molar-refractivity contribution in [2.45, 2.75) is 11.8 Å². The number of nitrogens with one attached hydrogen (secondary N) is 3. The summed E-state index contributed by atoms with van der Waals surface area (Å²) in [5.74, 6) is -1.20. The summed E-state index contributed by atoms with van der Waals surface area (Å²) in [5.41, 5.74) is 2.97. The lowest BCUT2D eigenvalue weighted by molar-refractivity contribution is -0.114. The first kappa shape index (κ1) is 30.8. The van der Waals surface area contributed by atoms with Crippen LogP contribution >= 0.6 is 11.8 Å². The highest BCUT2D eigenvalue weighted by Gasteiger charge is 2.19. The molecule has 0 aliphatic rings. The third kappa shape index (κ3) is 7.67. The molecule has 5 aromatic rings. The monoisotopic (exact) mass is 617 g/mol. The SMILES string of the molecule is Cc1c(NC(=O)CSc2cccc(NC(=O)/C(=C/c3ccccc3)NC(=O)c3ccccc3)c2)c(=O)n(-c2ccccc2)n1C. The summed E-state index contributed by atoms with van der Waals surface area (Å²) in [6, 6.07) is 34.1. The van der Waals surface area contributed by atoms with Crippen LogP contribution in [0, 0.1) is 6.92 Å². The van der Waals surface area contributed by atoms with Crippen LogP contribution in [0.15, 0.2) is 131 Å². The van der Waals surface area contributed by atoms with E-state index in [-0.39, 0.29) is 28.6 Å². The third-order valence-corrected chi connectivity index (χ3v) is 7.91. The van der Waals surface area contributed by atoms with Gasteiger partial charge in [-0.2, -0.15) is 0 Å². The fraction of sp³-hybridized carbons (Fsp3) is 0.0857. The Bertz CT molecular complexity index is 1920. The van der Waals surface area contributed by atoms with E-state index < -0.39 is 11.8 Å². The standard InChI is InChI=1S/C35H31N5O4S/c1-24-32(35(44)40(39(24)2)28-18-10-5-11-19-28)38-31(41)23-45-29-20-12-17-27(22-29)36-34(43)30(21-25-13-6-3-7-14-25)37-33(42)26-15-8-4-9-16-26/h3-22H,23H2,1-2H3,(H,36,43)(H,37,42)(H,38,41)/b30-21-. The summed E-state index contributed by atoms with van der Waals surface area (Å²) in [5, 5.41) is 8.34. The van der Waals surface area contributed by atoms with Gasteiger partial charge in [0, 0.05) is 23.2 Å². The number of hydrogen-bond acceptors (Lipinski definition) is 5. The van der Waals surface area contributed by atoms with E-state index in [0.29, 0.717) is 22.6 Å². The number of para-hydroxylation sites is 1. The van der Waals surface area contributed by atoms with Crippen molar-refractivity contribution < 1.29 is 14.4 Å². The van der Waals surface area contributed by atoms with Gasteiger partial charge >= 0.3 is 0 Å². The van der Waals surface area contributed by atoms with Crippen LogP contribution in [0.25, 0.3) is 11.8 Å². The first-order valence-electron chi connectivity index (χ1n) is 14.1. The van der Waals surface area contributed by atoms with Crippen molar-refractivity contribution in [3.63, 3.8) is 0 Å². The number of amides is 3. The van der Waals surface area contributed by atoms with Crippen molar-refractivity contribution in [3.05, 3.63) is 148 Å². The van der Waals surface area contributed by atoms with E-state index in [1.165, 1.54) is 16.4 Å². The Morgan fingerprint density at radius 1 is 0.800 bits per heavy atom. The van der Waals surface area contributed by atoms with Crippen LogP contribution in [0.1, 0.15) is 21.6 Å². The largest absolute Gasteiger partial charge is 0.321 e. The summed E-state index contributed by atoms with van der Waals surface area (Å²) in [7, 11) is 1.77. The minimum absolute atomic E-state index is 0.0444. The number of thioether (sulfide) groups is 1. The Kier molecular flexibility index (Phi) is 9.76. The van der Waals surface area contributed by atoms with Crippen molar-refractivity contribution in [1.82, 2.24) is 14.7 Å². The summed E-state index contributed by atoms with van der Waals surface area (Å²) in [6.07, 6.45) is 1.61. The number of carbonyl (C=O) groups excluding carboxylic acids is 3. The molecule has 45 heavy (non-hydrogen) atoms. The van der Waals surface area contributed by atoms with E-state index >= 15 is 0 Å². The molecule has 0 aliphatic carbocycles. The van der Waals surface area contributed by atoms with Crippen LogP contribution in [0.5, 0.6) is 0 Å². The number of nitrogens with zero attached hydrogens (tertiary/aromatic N) is 2. The van der Waals surface area contributed by atoms with Gasteiger partial charge in [-0.05, 0) is 61.0 Å². The number of anilines is 2. The Morgan fingerprint density at radius 2 is 1.44 bits per heavy atom. The normalized spacial score (nSPS) is 11.1.